The lowest BCUT2D eigenvalue weighted by molar-refractivity contribution is -0.124. The predicted octanol–water partition coefficient (Wildman–Crippen LogP) is 2.30. The topological polar surface area (TPSA) is 29.1 Å². The van der Waals surface area contributed by atoms with Crippen molar-refractivity contribution in [3.63, 3.8) is 0 Å². The summed E-state index contributed by atoms with van der Waals surface area (Å²) in [6.07, 6.45) is 1.78. The monoisotopic (exact) mass is 281 g/mol. The second kappa shape index (κ2) is 5.00. The van der Waals surface area contributed by atoms with Crippen molar-refractivity contribution >= 4 is 21.8 Å². The molecule has 2 nitrogen and oxygen atoms in total. The molecule has 1 atom stereocenters. The van der Waals surface area contributed by atoms with Crippen molar-refractivity contribution in [2.75, 3.05) is 6.54 Å². The Hall–Kier alpha value is -0.830. The highest BCUT2D eigenvalue weighted by Gasteiger charge is 2.26. The van der Waals surface area contributed by atoms with Gasteiger partial charge in [0.15, 0.2) is 0 Å². The van der Waals surface area contributed by atoms with E-state index >= 15 is 0 Å². The maximum atomic E-state index is 11.9. The first-order valence-corrected chi connectivity index (χ1v) is 6.57. The molecule has 0 bridgehead atoms. The van der Waals surface area contributed by atoms with Crippen LogP contribution in [0, 0.1) is 5.92 Å². The molecular formula is C13H16BrNO. The average Bonchev–Trinajstić information content (AvgIpc) is 2.69. The molecule has 86 valence electrons. The number of benzene rings is 1. The Kier molecular flexibility index (Phi) is 3.64. The van der Waals surface area contributed by atoms with Crippen LogP contribution in [-0.2, 0) is 17.6 Å². The number of nitrogens with one attached hydrogen (secondary N) is 1. The normalized spacial score (nSPS) is 16.9. The summed E-state index contributed by atoms with van der Waals surface area (Å²) in [6, 6.07) is 8.32. The molecule has 1 amide bonds. The lowest BCUT2D eigenvalue weighted by atomic mass is 10.1. The summed E-state index contributed by atoms with van der Waals surface area (Å²) in [5.74, 6) is 0.311. The molecule has 0 fully saturated rings. The van der Waals surface area contributed by atoms with Gasteiger partial charge in [-0.2, -0.15) is 0 Å². The third kappa shape index (κ3) is 2.64. The van der Waals surface area contributed by atoms with Gasteiger partial charge >= 0.3 is 0 Å². The molecule has 0 aromatic heterocycles. The van der Waals surface area contributed by atoms with Gasteiger partial charge in [0.1, 0.15) is 0 Å². The van der Waals surface area contributed by atoms with E-state index in [1.165, 1.54) is 11.1 Å². The van der Waals surface area contributed by atoms with Gasteiger partial charge in [0.2, 0.25) is 5.91 Å². The Morgan fingerprint density at radius 1 is 1.44 bits per heavy atom. The molecule has 0 spiro atoms. The number of carbonyl (C=O) groups is 1. The van der Waals surface area contributed by atoms with Crippen LogP contribution in [0.3, 0.4) is 0 Å². The highest BCUT2D eigenvalue weighted by Crippen LogP contribution is 2.26. The summed E-state index contributed by atoms with van der Waals surface area (Å²) in [7, 11) is 0. The number of rotatable bonds is 3. The molecular weight excluding hydrogens is 266 g/mol. The quantitative estimate of drug-likeness (QED) is 0.847. The molecule has 0 saturated heterocycles. The van der Waals surface area contributed by atoms with Gasteiger partial charge in [-0.25, -0.2) is 0 Å². The first kappa shape index (κ1) is 11.6. The molecule has 1 aromatic rings. The molecule has 1 aromatic carbocycles. The lowest BCUT2D eigenvalue weighted by Crippen LogP contribution is -2.34. The molecule has 0 saturated carbocycles. The molecule has 3 heteroatoms. The van der Waals surface area contributed by atoms with E-state index in [0.717, 1.165) is 12.8 Å². The third-order valence-corrected chi connectivity index (χ3v) is 3.30. The average molecular weight is 282 g/mol. The van der Waals surface area contributed by atoms with Crippen LogP contribution in [0.5, 0.6) is 0 Å². The highest BCUT2D eigenvalue weighted by molar-refractivity contribution is 9.09. The predicted molar refractivity (Wildman–Crippen MR) is 68.7 cm³/mol. The van der Waals surface area contributed by atoms with Crippen molar-refractivity contribution in [2.45, 2.75) is 24.6 Å². The first-order chi connectivity index (χ1) is 7.66. The summed E-state index contributed by atoms with van der Waals surface area (Å²) in [4.78, 5) is 12.2. The minimum Gasteiger partial charge on any atom is -0.355 e. The third-order valence-electron chi connectivity index (χ3n) is 2.98. The fourth-order valence-corrected chi connectivity index (χ4v) is 2.29. The zero-order valence-electron chi connectivity index (χ0n) is 9.37. The van der Waals surface area contributed by atoms with E-state index in [0.29, 0.717) is 11.4 Å². The zero-order valence-corrected chi connectivity index (χ0v) is 11.0. The molecule has 1 aliphatic carbocycles. The standard InChI is InChI=1S/C13H16BrNO/c1-9(14)8-15-13(16)12-6-10-4-2-3-5-11(10)7-12/h2-5,9,12H,6-8H2,1H3,(H,15,16). The van der Waals surface area contributed by atoms with Gasteiger partial charge in [0.05, 0.1) is 0 Å². The van der Waals surface area contributed by atoms with E-state index in [1.807, 2.05) is 19.1 Å². The Morgan fingerprint density at radius 3 is 2.50 bits per heavy atom. The summed E-state index contributed by atoms with van der Waals surface area (Å²) in [5, 5.41) is 2.97. The highest BCUT2D eigenvalue weighted by atomic mass is 79.9. The van der Waals surface area contributed by atoms with Crippen molar-refractivity contribution in [3.8, 4) is 0 Å². The second-order valence-electron chi connectivity index (χ2n) is 4.40. The fourth-order valence-electron chi connectivity index (χ4n) is 2.13. The van der Waals surface area contributed by atoms with Crippen LogP contribution >= 0.6 is 15.9 Å². The van der Waals surface area contributed by atoms with Crippen molar-refractivity contribution in [3.05, 3.63) is 35.4 Å². The van der Waals surface area contributed by atoms with Crippen molar-refractivity contribution in [2.24, 2.45) is 5.92 Å². The van der Waals surface area contributed by atoms with Crippen molar-refractivity contribution in [1.29, 1.82) is 0 Å². The largest absolute Gasteiger partial charge is 0.355 e. The number of hydrogen-bond acceptors (Lipinski definition) is 1. The summed E-state index contributed by atoms with van der Waals surface area (Å²) in [5.41, 5.74) is 2.66. The van der Waals surface area contributed by atoms with E-state index in [-0.39, 0.29) is 11.8 Å². The van der Waals surface area contributed by atoms with Gasteiger partial charge < -0.3 is 5.32 Å². The number of hydrogen-bond donors (Lipinski definition) is 1. The number of halogens is 1. The molecule has 1 aliphatic rings. The maximum Gasteiger partial charge on any atom is 0.223 e. The maximum absolute atomic E-state index is 11.9. The van der Waals surface area contributed by atoms with Gasteiger partial charge in [-0.15, -0.1) is 0 Å². The van der Waals surface area contributed by atoms with Crippen molar-refractivity contribution < 1.29 is 4.79 Å². The fraction of sp³-hybridized carbons (Fsp3) is 0.462. The van der Waals surface area contributed by atoms with Crippen LogP contribution in [0.1, 0.15) is 18.1 Å². The molecule has 1 N–H and O–H groups in total. The zero-order chi connectivity index (χ0) is 11.5. The molecule has 0 aliphatic heterocycles. The summed E-state index contributed by atoms with van der Waals surface area (Å²) < 4.78 is 0. The second-order valence-corrected chi connectivity index (χ2v) is 5.96. The SMILES string of the molecule is CC(Br)CNC(=O)C1Cc2ccccc2C1. The Balaban J connectivity index is 1.93. The smallest absolute Gasteiger partial charge is 0.223 e. The van der Waals surface area contributed by atoms with Crippen LogP contribution in [0.4, 0.5) is 0 Å². The van der Waals surface area contributed by atoms with Gasteiger partial charge in [-0.1, -0.05) is 47.1 Å². The van der Waals surface area contributed by atoms with Crippen LogP contribution in [0.25, 0.3) is 0 Å². The number of fused-ring (bicyclic) bond motifs is 1. The molecule has 16 heavy (non-hydrogen) atoms. The van der Waals surface area contributed by atoms with Crippen LogP contribution in [0.15, 0.2) is 24.3 Å². The summed E-state index contributed by atoms with van der Waals surface area (Å²) >= 11 is 3.43. The number of amides is 1. The van der Waals surface area contributed by atoms with Gasteiger partial charge in [-0.05, 0) is 24.0 Å². The first-order valence-electron chi connectivity index (χ1n) is 5.65. The Morgan fingerprint density at radius 2 is 2.00 bits per heavy atom. The van der Waals surface area contributed by atoms with E-state index in [4.69, 9.17) is 0 Å². The van der Waals surface area contributed by atoms with Crippen LogP contribution in [-0.4, -0.2) is 17.3 Å². The molecule has 0 radical (unpaired) electrons. The Bertz CT molecular complexity index is 364. The van der Waals surface area contributed by atoms with Crippen molar-refractivity contribution in [1.82, 2.24) is 5.32 Å². The van der Waals surface area contributed by atoms with E-state index in [1.54, 1.807) is 0 Å². The molecule has 1 unspecified atom stereocenters. The van der Waals surface area contributed by atoms with Crippen LogP contribution in [0.2, 0.25) is 0 Å². The molecule has 0 heterocycles. The van der Waals surface area contributed by atoms with E-state index < -0.39 is 0 Å². The number of alkyl halides is 1. The summed E-state index contributed by atoms with van der Waals surface area (Å²) in [6.45, 7) is 2.73. The lowest BCUT2D eigenvalue weighted by Gasteiger charge is -2.11. The number of carbonyl (C=O) groups excluding carboxylic acids is 1. The van der Waals surface area contributed by atoms with Gasteiger partial charge in [0, 0.05) is 17.3 Å². The van der Waals surface area contributed by atoms with E-state index in [9.17, 15) is 4.79 Å². The van der Waals surface area contributed by atoms with E-state index in [2.05, 4.69) is 33.4 Å². The molecule has 2 rings (SSSR count). The Labute approximate surface area is 105 Å². The van der Waals surface area contributed by atoms with Crippen LogP contribution < -0.4 is 5.32 Å². The van der Waals surface area contributed by atoms with Gasteiger partial charge in [0.25, 0.3) is 0 Å². The minimum atomic E-state index is 0.128. The minimum absolute atomic E-state index is 0.128. The van der Waals surface area contributed by atoms with Gasteiger partial charge in [-0.3, -0.25) is 4.79 Å².